The molecular weight excluding hydrogens is 334 g/mol. The van der Waals surface area contributed by atoms with Crippen LogP contribution in [-0.2, 0) is 11.3 Å². The second-order valence-electron chi connectivity index (χ2n) is 5.91. The predicted molar refractivity (Wildman–Crippen MR) is 93.2 cm³/mol. The van der Waals surface area contributed by atoms with Crippen molar-refractivity contribution >= 4 is 18.2 Å². The number of hydrogen-bond acceptors (Lipinski definition) is 5. The summed E-state index contributed by atoms with van der Waals surface area (Å²) in [5, 5.41) is 2.80. The van der Waals surface area contributed by atoms with Crippen LogP contribution in [-0.4, -0.2) is 64.2 Å². The molecule has 26 heavy (non-hydrogen) atoms. The van der Waals surface area contributed by atoms with E-state index in [2.05, 4.69) is 15.3 Å². The topological polar surface area (TPSA) is 95.5 Å². The van der Waals surface area contributed by atoms with Crippen LogP contribution in [0.4, 0.5) is 0 Å². The lowest BCUT2D eigenvalue weighted by atomic mass is 10.2. The van der Waals surface area contributed by atoms with Crippen LogP contribution in [0.5, 0.6) is 0 Å². The van der Waals surface area contributed by atoms with Gasteiger partial charge in [-0.15, -0.1) is 0 Å². The number of hydrogen-bond donors (Lipinski definition) is 1. The first kappa shape index (κ1) is 17.5. The number of rotatable bonds is 5. The number of aromatic nitrogens is 2. The minimum absolute atomic E-state index is 0.221. The number of nitrogens with one attached hydrogen (secondary N) is 1. The van der Waals surface area contributed by atoms with Gasteiger partial charge in [-0.05, 0) is 23.8 Å². The summed E-state index contributed by atoms with van der Waals surface area (Å²) >= 11 is 0. The molecule has 2 aromatic heterocycles. The fourth-order valence-corrected chi connectivity index (χ4v) is 2.67. The minimum atomic E-state index is -0.281. The van der Waals surface area contributed by atoms with E-state index in [9.17, 15) is 14.4 Å². The highest BCUT2D eigenvalue weighted by molar-refractivity contribution is 5.98. The van der Waals surface area contributed by atoms with E-state index in [1.165, 1.54) is 12.3 Å². The zero-order chi connectivity index (χ0) is 18.4. The molecule has 0 aliphatic carbocycles. The van der Waals surface area contributed by atoms with Crippen molar-refractivity contribution in [2.75, 3.05) is 26.2 Å². The molecule has 0 unspecified atom stereocenters. The van der Waals surface area contributed by atoms with Crippen LogP contribution in [0.15, 0.2) is 42.9 Å². The van der Waals surface area contributed by atoms with Gasteiger partial charge in [0, 0.05) is 56.9 Å². The van der Waals surface area contributed by atoms with Crippen molar-refractivity contribution in [3.05, 3.63) is 59.7 Å². The SMILES string of the molecule is O=CN1CCN(C(=O)c2cc(C(=O)NCc3cccnc3)ccn2)CC1. The zero-order valence-corrected chi connectivity index (χ0v) is 14.2. The third-order valence-corrected chi connectivity index (χ3v) is 4.17. The number of amides is 3. The first-order valence-electron chi connectivity index (χ1n) is 8.29. The number of carbonyl (C=O) groups excluding carboxylic acids is 3. The van der Waals surface area contributed by atoms with Gasteiger partial charge in [0.2, 0.25) is 6.41 Å². The van der Waals surface area contributed by atoms with E-state index in [4.69, 9.17) is 0 Å². The summed E-state index contributed by atoms with van der Waals surface area (Å²) in [6.07, 6.45) is 5.59. The Kier molecular flexibility index (Phi) is 5.52. The lowest BCUT2D eigenvalue weighted by molar-refractivity contribution is -0.119. The standard InChI is InChI=1S/C18H19N5O3/c24-13-22-6-8-23(9-7-22)18(26)16-10-15(3-5-20-16)17(25)21-12-14-2-1-4-19-11-14/h1-5,10-11,13H,6-9,12H2,(H,21,25). The average molecular weight is 353 g/mol. The summed E-state index contributed by atoms with van der Waals surface area (Å²) in [6, 6.07) is 6.73. The first-order chi connectivity index (χ1) is 12.7. The Balaban J connectivity index is 1.63. The van der Waals surface area contributed by atoms with Gasteiger partial charge in [0.05, 0.1) is 0 Å². The molecule has 8 nitrogen and oxygen atoms in total. The molecule has 0 radical (unpaired) electrons. The lowest BCUT2D eigenvalue weighted by Gasteiger charge is -2.32. The maximum Gasteiger partial charge on any atom is 0.272 e. The summed E-state index contributed by atoms with van der Waals surface area (Å²) in [6.45, 7) is 2.26. The van der Waals surface area contributed by atoms with Crippen LogP contribution in [0, 0.1) is 0 Å². The van der Waals surface area contributed by atoms with Crippen molar-refractivity contribution in [1.82, 2.24) is 25.1 Å². The van der Waals surface area contributed by atoms with Gasteiger partial charge in [0.15, 0.2) is 0 Å². The van der Waals surface area contributed by atoms with E-state index in [0.717, 1.165) is 12.0 Å². The molecule has 2 aromatic rings. The molecule has 134 valence electrons. The summed E-state index contributed by atoms with van der Waals surface area (Å²) in [5.41, 5.74) is 1.48. The molecule has 1 fully saturated rings. The molecule has 3 amide bonds. The highest BCUT2D eigenvalue weighted by Crippen LogP contribution is 2.09. The Morgan fingerprint density at radius 1 is 1.15 bits per heavy atom. The Labute approximate surface area is 150 Å². The molecule has 1 saturated heterocycles. The fraction of sp³-hybridized carbons (Fsp3) is 0.278. The third kappa shape index (κ3) is 4.21. The van der Waals surface area contributed by atoms with Crippen LogP contribution in [0.3, 0.4) is 0 Å². The van der Waals surface area contributed by atoms with Gasteiger partial charge in [-0.1, -0.05) is 6.07 Å². The molecular formula is C18H19N5O3. The predicted octanol–water partition coefficient (Wildman–Crippen LogP) is 0.321. The van der Waals surface area contributed by atoms with E-state index in [1.807, 2.05) is 6.07 Å². The van der Waals surface area contributed by atoms with E-state index in [0.29, 0.717) is 38.3 Å². The van der Waals surface area contributed by atoms with Crippen molar-refractivity contribution in [2.24, 2.45) is 0 Å². The lowest BCUT2D eigenvalue weighted by Crippen LogP contribution is -2.48. The summed E-state index contributed by atoms with van der Waals surface area (Å²) in [7, 11) is 0. The maximum absolute atomic E-state index is 12.6. The van der Waals surface area contributed by atoms with Gasteiger partial charge in [-0.3, -0.25) is 24.4 Å². The Bertz CT molecular complexity index is 788. The van der Waals surface area contributed by atoms with Crippen LogP contribution in [0.2, 0.25) is 0 Å². The largest absolute Gasteiger partial charge is 0.348 e. The number of carbonyl (C=O) groups is 3. The molecule has 1 aliphatic rings. The molecule has 0 spiro atoms. The number of piperazine rings is 1. The quantitative estimate of drug-likeness (QED) is 0.781. The van der Waals surface area contributed by atoms with Crippen LogP contribution in [0.25, 0.3) is 0 Å². The molecule has 3 heterocycles. The smallest absolute Gasteiger partial charge is 0.272 e. The van der Waals surface area contributed by atoms with E-state index in [1.54, 1.807) is 34.3 Å². The fourth-order valence-electron chi connectivity index (χ4n) is 2.67. The summed E-state index contributed by atoms with van der Waals surface area (Å²) in [4.78, 5) is 47.0. The molecule has 0 aromatic carbocycles. The van der Waals surface area contributed by atoms with Crippen LogP contribution < -0.4 is 5.32 Å². The molecule has 0 atom stereocenters. The Hall–Kier alpha value is -3.29. The Morgan fingerprint density at radius 2 is 1.96 bits per heavy atom. The van der Waals surface area contributed by atoms with Crippen LogP contribution in [0.1, 0.15) is 26.4 Å². The van der Waals surface area contributed by atoms with Gasteiger partial charge >= 0.3 is 0 Å². The van der Waals surface area contributed by atoms with Gasteiger partial charge in [0.1, 0.15) is 5.69 Å². The molecule has 3 rings (SSSR count). The molecule has 1 N–H and O–H groups in total. The third-order valence-electron chi connectivity index (χ3n) is 4.17. The number of pyridine rings is 2. The maximum atomic E-state index is 12.6. The molecule has 8 heteroatoms. The normalized spacial score (nSPS) is 14.0. The summed E-state index contributed by atoms with van der Waals surface area (Å²) < 4.78 is 0. The van der Waals surface area contributed by atoms with E-state index < -0.39 is 0 Å². The summed E-state index contributed by atoms with van der Waals surface area (Å²) in [5.74, 6) is -0.520. The van der Waals surface area contributed by atoms with Crippen LogP contribution >= 0.6 is 0 Å². The second-order valence-corrected chi connectivity index (χ2v) is 5.91. The average Bonchev–Trinajstić information content (AvgIpc) is 2.72. The van der Waals surface area contributed by atoms with Gasteiger partial charge in [0.25, 0.3) is 11.8 Å². The van der Waals surface area contributed by atoms with Gasteiger partial charge in [-0.25, -0.2) is 0 Å². The van der Waals surface area contributed by atoms with Crippen molar-refractivity contribution in [3.8, 4) is 0 Å². The molecule has 0 saturated carbocycles. The molecule has 0 bridgehead atoms. The van der Waals surface area contributed by atoms with Gasteiger partial charge < -0.3 is 15.1 Å². The zero-order valence-electron chi connectivity index (χ0n) is 14.2. The van der Waals surface area contributed by atoms with Crippen molar-refractivity contribution in [1.29, 1.82) is 0 Å². The molecule has 1 aliphatic heterocycles. The highest BCUT2D eigenvalue weighted by Gasteiger charge is 2.22. The monoisotopic (exact) mass is 353 g/mol. The Morgan fingerprint density at radius 3 is 2.65 bits per heavy atom. The first-order valence-corrected chi connectivity index (χ1v) is 8.29. The second kappa shape index (κ2) is 8.19. The van der Waals surface area contributed by atoms with Crippen molar-refractivity contribution in [3.63, 3.8) is 0 Å². The van der Waals surface area contributed by atoms with Crippen molar-refractivity contribution < 1.29 is 14.4 Å². The van der Waals surface area contributed by atoms with E-state index >= 15 is 0 Å². The van der Waals surface area contributed by atoms with Gasteiger partial charge in [-0.2, -0.15) is 0 Å². The number of nitrogens with zero attached hydrogens (tertiary/aromatic N) is 4. The van der Waals surface area contributed by atoms with Crippen molar-refractivity contribution in [2.45, 2.75) is 6.54 Å². The highest BCUT2D eigenvalue weighted by atomic mass is 16.2. The minimum Gasteiger partial charge on any atom is -0.348 e. The van der Waals surface area contributed by atoms with E-state index in [-0.39, 0.29) is 17.5 Å².